The van der Waals surface area contributed by atoms with Crippen LogP contribution in [0.4, 0.5) is 5.69 Å². The second-order valence-electron chi connectivity index (χ2n) is 6.21. The lowest BCUT2D eigenvalue weighted by Crippen LogP contribution is -2.48. The highest BCUT2D eigenvalue weighted by Gasteiger charge is 2.20. The van der Waals surface area contributed by atoms with Gasteiger partial charge < -0.3 is 14.6 Å². The van der Waals surface area contributed by atoms with Gasteiger partial charge in [-0.3, -0.25) is 14.6 Å². The molecule has 0 aliphatic carbocycles. The molecule has 1 aromatic heterocycles. The number of ether oxygens (including phenoxy) is 1. The molecule has 1 N–H and O–H groups in total. The minimum absolute atomic E-state index is 0.0205. The molecule has 0 unspecified atom stereocenters. The van der Waals surface area contributed by atoms with E-state index in [0.29, 0.717) is 18.0 Å². The van der Waals surface area contributed by atoms with Crippen molar-refractivity contribution < 1.29 is 14.1 Å². The van der Waals surface area contributed by atoms with E-state index < -0.39 is 0 Å². The number of aromatic nitrogens is 1. The molecule has 25 heavy (non-hydrogen) atoms. The van der Waals surface area contributed by atoms with Gasteiger partial charge in [0.25, 0.3) is 0 Å². The van der Waals surface area contributed by atoms with Crippen LogP contribution in [0.15, 0.2) is 35.0 Å². The zero-order valence-corrected chi connectivity index (χ0v) is 14.7. The van der Waals surface area contributed by atoms with Crippen molar-refractivity contribution in [1.29, 1.82) is 0 Å². The molecule has 0 saturated carbocycles. The fourth-order valence-electron chi connectivity index (χ4n) is 2.96. The number of aryl methyl sites for hydroxylation is 1. The van der Waals surface area contributed by atoms with Crippen molar-refractivity contribution >= 4 is 11.6 Å². The number of carbonyl (C=O) groups excluding carboxylic acids is 1. The van der Waals surface area contributed by atoms with Crippen molar-refractivity contribution in [2.24, 2.45) is 0 Å². The summed E-state index contributed by atoms with van der Waals surface area (Å²) in [6.07, 6.45) is 1.78. The van der Waals surface area contributed by atoms with E-state index in [-0.39, 0.29) is 5.91 Å². The highest BCUT2D eigenvalue weighted by Crippen LogP contribution is 2.22. The Morgan fingerprint density at radius 2 is 1.96 bits per heavy atom. The lowest BCUT2D eigenvalue weighted by molar-refractivity contribution is -0.117. The number of nitrogens with one attached hydrogen (secondary N) is 1. The minimum Gasteiger partial charge on any atom is -0.495 e. The normalized spacial score (nSPS) is 15.9. The molecule has 1 aliphatic heterocycles. The molecule has 2 heterocycles. The molecule has 2 aromatic rings. The maximum absolute atomic E-state index is 12.3. The predicted molar refractivity (Wildman–Crippen MR) is 94.6 cm³/mol. The van der Waals surface area contributed by atoms with E-state index in [1.807, 2.05) is 31.2 Å². The van der Waals surface area contributed by atoms with Gasteiger partial charge >= 0.3 is 0 Å². The first kappa shape index (κ1) is 17.4. The largest absolute Gasteiger partial charge is 0.495 e. The van der Waals surface area contributed by atoms with Gasteiger partial charge in [-0.15, -0.1) is 0 Å². The van der Waals surface area contributed by atoms with E-state index in [1.54, 1.807) is 13.3 Å². The van der Waals surface area contributed by atoms with Crippen LogP contribution < -0.4 is 10.1 Å². The fourth-order valence-corrected chi connectivity index (χ4v) is 2.96. The number of amides is 1. The van der Waals surface area contributed by atoms with Gasteiger partial charge in [0.15, 0.2) is 0 Å². The van der Waals surface area contributed by atoms with Crippen molar-refractivity contribution in [1.82, 2.24) is 15.0 Å². The molecular formula is C18H24N4O3. The molecule has 0 bridgehead atoms. The first-order valence-electron chi connectivity index (χ1n) is 8.43. The van der Waals surface area contributed by atoms with Crippen LogP contribution in [0.1, 0.15) is 11.3 Å². The summed E-state index contributed by atoms with van der Waals surface area (Å²) in [6.45, 7) is 6.74. The third-order valence-electron chi connectivity index (χ3n) is 4.46. The van der Waals surface area contributed by atoms with Gasteiger partial charge in [-0.25, -0.2) is 0 Å². The zero-order chi connectivity index (χ0) is 17.6. The molecule has 0 radical (unpaired) electrons. The molecule has 1 aliphatic rings. The van der Waals surface area contributed by atoms with Gasteiger partial charge in [-0.05, 0) is 19.1 Å². The summed E-state index contributed by atoms with van der Waals surface area (Å²) in [5.41, 5.74) is 1.83. The van der Waals surface area contributed by atoms with Crippen molar-refractivity contribution in [3.63, 3.8) is 0 Å². The Kier molecular flexibility index (Phi) is 5.67. The van der Waals surface area contributed by atoms with Gasteiger partial charge in [0, 0.05) is 38.3 Å². The molecule has 0 spiro atoms. The number of hydrogen-bond donors (Lipinski definition) is 1. The third kappa shape index (κ3) is 4.58. The number of rotatable bonds is 6. The summed E-state index contributed by atoms with van der Waals surface area (Å²) in [5.74, 6) is 1.52. The lowest BCUT2D eigenvalue weighted by Gasteiger charge is -2.34. The number of methoxy groups -OCH3 is 1. The van der Waals surface area contributed by atoms with Gasteiger partial charge in [-0.2, -0.15) is 0 Å². The van der Waals surface area contributed by atoms with E-state index in [1.165, 1.54) is 0 Å². The number of hydrogen-bond acceptors (Lipinski definition) is 6. The Hall–Kier alpha value is -2.38. The molecule has 134 valence electrons. The summed E-state index contributed by atoms with van der Waals surface area (Å²) < 4.78 is 10.4. The Morgan fingerprint density at radius 1 is 1.24 bits per heavy atom. The molecule has 1 amide bonds. The molecule has 0 atom stereocenters. The summed E-state index contributed by atoms with van der Waals surface area (Å²) in [6, 6.07) is 7.44. The summed E-state index contributed by atoms with van der Waals surface area (Å²) >= 11 is 0. The highest BCUT2D eigenvalue weighted by molar-refractivity contribution is 5.93. The molecule has 1 aromatic carbocycles. The second kappa shape index (κ2) is 8.13. The highest BCUT2D eigenvalue weighted by atomic mass is 16.5. The summed E-state index contributed by atoms with van der Waals surface area (Å²) in [5, 5.41) is 6.74. The van der Waals surface area contributed by atoms with E-state index >= 15 is 0 Å². The topological polar surface area (TPSA) is 70.8 Å². The molecule has 7 nitrogen and oxygen atoms in total. The van der Waals surface area contributed by atoms with E-state index in [9.17, 15) is 4.79 Å². The monoisotopic (exact) mass is 344 g/mol. The first-order chi connectivity index (χ1) is 12.2. The molecule has 3 rings (SSSR count). The average Bonchev–Trinajstić information content (AvgIpc) is 3.02. The SMILES string of the molecule is COc1ccccc1NC(=O)CN1CCN(Cc2cnoc2C)CC1. The third-order valence-corrected chi connectivity index (χ3v) is 4.46. The average molecular weight is 344 g/mol. The van der Waals surface area contributed by atoms with Crippen molar-refractivity contribution in [2.45, 2.75) is 13.5 Å². The van der Waals surface area contributed by atoms with Gasteiger partial charge in [0.1, 0.15) is 11.5 Å². The Bertz CT molecular complexity index is 708. The summed E-state index contributed by atoms with van der Waals surface area (Å²) in [4.78, 5) is 16.8. The van der Waals surface area contributed by atoms with E-state index in [0.717, 1.165) is 44.0 Å². The minimum atomic E-state index is -0.0205. The fraction of sp³-hybridized carbons (Fsp3) is 0.444. The Balaban J connectivity index is 1.45. The van der Waals surface area contributed by atoms with Crippen LogP contribution >= 0.6 is 0 Å². The maximum atomic E-state index is 12.3. The van der Waals surface area contributed by atoms with Gasteiger partial charge in [0.05, 0.1) is 25.5 Å². The first-order valence-corrected chi connectivity index (χ1v) is 8.43. The van der Waals surface area contributed by atoms with Crippen LogP contribution in [0.3, 0.4) is 0 Å². The molecular weight excluding hydrogens is 320 g/mol. The maximum Gasteiger partial charge on any atom is 0.238 e. The number of benzene rings is 1. The van der Waals surface area contributed by atoms with E-state index in [2.05, 4.69) is 20.3 Å². The number of nitrogens with zero attached hydrogens (tertiary/aromatic N) is 3. The smallest absolute Gasteiger partial charge is 0.238 e. The van der Waals surface area contributed by atoms with Gasteiger partial charge in [0.2, 0.25) is 5.91 Å². The second-order valence-corrected chi connectivity index (χ2v) is 6.21. The predicted octanol–water partition coefficient (Wildman–Crippen LogP) is 1.75. The van der Waals surface area contributed by atoms with Crippen LogP contribution in [0.2, 0.25) is 0 Å². The van der Waals surface area contributed by atoms with Crippen LogP contribution in [-0.4, -0.2) is 60.7 Å². The van der Waals surface area contributed by atoms with Crippen molar-refractivity contribution in [2.75, 3.05) is 45.2 Å². The van der Waals surface area contributed by atoms with E-state index in [4.69, 9.17) is 9.26 Å². The quantitative estimate of drug-likeness (QED) is 0.861. The van der Waals surface area contributed by atoms with Crippen LogP contribution in [0.5, 0.6) is 5.75 Å². The number of anilines is 1. The Labute approximate surface area is 147 Å². The number of piperazine rings is 1. The molecule has 1 fully saturated rings. The van der Waals surface area contributed by atoms with Crippen molar-refractivity contribution in [3.05, 3.63) is 41.8 Å². The lowest BCUT2D eigenvalue weighted by atomic mass is 10.2. The zero-order valence-electron chi connectivity index (χ0n) is 14.7. The number of carbonyl (C=O) groups is 1. The van der Waals surface area contributed by atoms with Crippen LogP contribution in [0.25, 0.3) is 0 Å². The van der Waals surface area contributed by atoms with Crippen molar-refractivity contribution in [3.8, 4) is 5.75 Å². The van der Waals surface area contributed by atoms with Crippen LogP contribution in [-0.2, 0) is 11.3 Å². The van der Waals surface area contributed by atoms with Gasteiger partial charge in [-0.1, -0.05) is 17.3 Å². The molecule has 1 saturated heterocycles. The summed E-state index contributed by atoms with van der Waals surface area (Å²) in [7, 11) is 1.60. The standard InChI is InChI=1S/C18H24N4O3/c1-14-15(11-19-25-14)12-21-7-9-22(10-8-21)13-18(23)20-16-5-3-4-6-17(16)24-2/h3-6,11H,7-10,12-13H2,1-2H3,(H,20,23). The van der Waals surface area contributed by atoms with Crippen LogP contribution in [0, 0.1) is 6.92 Å². The number of para-hydroxylation sites is 2. The Morgan fingerprint density at radius 3 is 2.64 bits per heavy atom. The molecule has 7 heteroatoms.